The SMILES string of the molecule is Cl.NC(=NCCc1ccccc1)N=C(N)N1CCCC1. The summed E-state index contributed by atoms with van der Waals surface area (Å²) >= 11 is 0. The summed E-state index contributed by atoms with van der Waals surface area (Å²) in [7, 11) is 0. The topological polar surface area (TPSA) is 80.0 Å². The van der Waals surface area contributed by atoms with Gasteiger partial charge in [-0.15, -0.1) is 12.4 Å². The first-order chi connectivity index (χ1) is 9.25. The molecular formula is C14H22ClN5. The number of rotatable bonds is 3. The van der Waals surface area contributed by atoms with Crippen LogP contribution in [0.4, 0.5) is 0 Å². The lowest BCUT2D eigenvalue weighted by Crippen LogP contribution is -2.36. The molecule has 0 amide bonds. The largest absolute Gasteiger partial charge is 0.369 e. The second kappa shape index (κ2) is 8.43. The number of likely N-dealkylation sites (tertiary alicyclic amines) is 1. The van der Waals surface area contributed by atoms with Gasteiger partial charge in [0.1, 0.15) is 0 Å². The average molecular weight is 296 g/mol. The van der Waals surface area contributed by atoms with Crippen LogP contribution in [0.2, 0.25) is 0 Å². The monoisotopic (exact) mass is 295 g/mol. The average Bonchev–Trinajstić information content (AvgIpc) is 2.94. The molecule has 2 rings (SSSR count). The maximum absolute atomic E-state index is 5.88. The Morgan fingerprint density at radius 1 is 1.10 bits per heavy atom. The van der Waals surface area contributed by atoms with Crippen LogP contribution >= 0.6 is 12.4 Å². The summed E-state index contributed by atoms with van der Waals surface area (Å²) in [4.78, 5) is 10.4. The fourth-order valence-electron chi connectivity index (χ4n) is 2.11. The molecule has 0 bridgehead atoms. The summed E-state index contributed by atoms with van der Waals surface area (Å²) in [5.74, 6) is 0.749. The Balaban J connectivity index is 0.00000200. The van der Waals surface area contributed by atoms with Gasteiger partial charge in [0.25, 0.3) is 0 Å². The molecule has 0 radical (unpaired) electrons. The molecule has 1 aliphatic rings. The van der Waals surface area contributed by atoms with E-state index in [4.69, 9.17) is 11.5 Å². The van der Waals surface area contributed by atoms with E-state index in [0.29, 0.717) is 12.5 Å². The minimum absolute atomic E-state index is 0. The van der Waals surface area contributed by atoms with E-state index in [1.807, 2.05) is 23.1 Å². The molecule has 1 fully saturated rings. The zero-order valence-electron chi connectivity index (χ0n) is 11.5. The number of nitrogens with zero attached hydrogens (tertiary/aromatic N) is 3. The van der Waals surface area contributed by atoms with Gasteiger partial charge in [-0.1, -0.05) is 30.3 Å². The molecule has 110 valence electrons. The molecule has 0 spiro atoms. The van der Waals surface area contributed by atoms with Crippen molar-refractivity contribution in [1.82, 2.24) is 4.90 Å². The maximum Gasteiger partial charge on any atom is 0.218 e. The Bertz CT molecular complexity index is 452. The minimum atomic E-state index is 0. The molecule has 4 N–H and O–H groups in total. The number of guanidine groups is 2. The molecule has 20 heavy (non-hydrogen) atoms. The highest BCUT2D eigenvalue weighted by molar-refractivity contribution is 5.93. The third-order valence-corrected chi connectivity index (χ3v) is 3.18. The third-order valence-electron chi connectivity index (χ3n) is 3.18. The second-order valence-corrected chi connectivity index (χ2v) is 4.64. The van der Waals surface area contributed by atoms with Gasteiger partial charge in [-0.2, -0.15) is 4.99 Å². The van der Waals surface area contributed by atoms with Crippen molar-refractivity contribution >= 4 is 24.3 Å². The minimum Gasteiger partial charge on any atom is -0.369 e. The van der Waals surface area contributed by atoms with E-state index in [1.54, 1.807) is 0 Å². The number of hydrogen-bond acceptors (Lipinski definition) is 1. The number of aliphatic imine (C=N–C) groups is 2. The van der Waals surface area contributed by atoms with Crippen molar-refractivity contribution in [2.75, 3.05) is 19.6 Å². The van der Waals surface area contributed by atoms with Crippen LogP contribution in [-0.2, 0) is 6.42 Å². The van der Waals surface area contributed by atoms with Gasteiger partial charge in [-0.3, -0.25) is 4.99 Å². The smallest absolute Gasteiger partial charge is 0.218 e. The zero-order valence-corrected chi connectivity index (χ0v) is 12.4. The summed E-state index contributed by atoms with van der Waals surface area (Å²) in [5, 5.41) is 0. The predicted molar refractivity (Wildman–Crippen MR) is 86.3 cm³/mol. The van der Waals surface area contributed by atoms with E-state index in [2.05, 4.69) is 22.1 Å². The maximum atomic E-state index is 5.88. The Morgan fingerprint density at radius 2 is 1.75 bits per heavy atom. The molecule has 5 nitrogen and oxygen atoms in total. The lowest BCUT2D eigenvalue weighted by Gasteiger charge is -2.15. The normalized spacial score (nSPS) is 16.1. The van der Waals surface area contributed by atoms with E-state index in [9.17, 15) is 0 Å². The molecule has 1 saturated heterocycles. The van der Waals surface area contributed by atoms with Gasteiger partial charge >= 0.3 is 0 Å². The van der Waals surface area contributed by atoms with E-state index in [-0.39, 0.29) is 18.4 Å². The summed E-state index contributed by atoms with van der Waals surface area (Å²) in [6.45, 7) is 2.56. The summed E-state index contributed by atoms with van der Waals surface area (Å²) < 4.78 is 0. The summed E-state index contributed by atoms with van der Waals surface area (Å²) in [6, 6.07) is 10.2. The number of hydrogen-bond donors (Lipinski definition) is 2. The van der Waals surface area contributed by atoms with Crippen molar-refractivity contribution in [2.45, 2.75) is 19.3 Å². The molecule has 1 heterocycles. The van der Waals surface area contributed by atoms with Crippen LogP contribution in [0.3, 0.4) is 0 Å². The number of nitrogens with two attached hydrogens (primary N) is 2. The standard InChI is InChI=1S/C14H21N5.ClH/c15-13(18-14(16)19-10-4-5-11-19)17-9-8-12-6-2-1-3-7-12;/h1-3,6-7H,4-5,8-11H2,(H4,15,16,17,18);1H. The van der Waals surface area contributed by atoms with Crippen LogP contribution in [0.1, 0.15) is 18.4 Å². The van der Waals surface area contributed by atoms with E-state index in [0.717, 1.165) is 19.5 Å². The molecule has 1 aromatic carbocycles. The quantitative estimate of drug-likeness (QED) is 0.653. The van der Waals surface area contributed by atoms with Crippen molar-refractivity contribution in [3.05, 3.63) is 35.9 Å². The van der Waals surface area contributed by atoms with Gasteiger partial charge in [-0.25, -0.2) is 0 Å². The molecule has 1 aliphatic heterocycles. The molecular weight excluding hydrogens is 274 g/mol. The van der Waals surface area contributed by atoms with Gasteiger partial charge in [0.2, 0.25) is 5.96 Å². The van der Waals surface area contributed by atoms with Gasteiger partial charge in [0.15, 0.2) is 5.96 Å². The van der Waals surface area contributed by atoms with Crippen molar-refractivity contribution in [2.24, 2.45) is 21.5 Å². The first-order valence-corrected chi connectivity index (χ1v) is 6.68. The number of halogens is 1. The summed E-state index contributed by atoms with van der Waals surface area (Å²) in [6.07, 6.45) is 3.20. The molecule has 1 aromatic rings. The van der Waals surface area contributed by atoms with Crippen LogP contribution in [0, 0.1) is 0 Å². The lowest BCUT2D eigenvalue weighted by atomic mass is 10.2. The van der Waals surface area contributed by atoms with Crippen molar-refractivity contribution in [1.29, 1.82) is 0 Å². The van der Waals surface area contributed by atoms with Gasteiger partial charge < -0.3 is 16.4 Å². The predicted octanol–water partition coefficient (Wildman–Crippen LogP) is 1.38. The first-order valence-electron chi connectivity index (χ1n) is 6.68. The van der Waals surface area contributed by atoms with Crippen LogP contribution in [0.5, 0.6) is 0 Å². The molecule has 0 aromatic heterocycles. The van der Waals surface area contributed by atoms with Crippen LogP contribution < -0.4 is 11.5 Å². The number of benzene rings is 1. The molecule has 6 heteroatoms. The Hall–Kier alpha value is -1.75. The molecule has 0 saturated carbocycles. The van der Waals surface area contributed by atoms with Crippen molar-refractivity contribution < 1.29 is 0 Å². The summed E-state index contributed by atoms with van der Waals surface area (Å²) in [5.41, 5.74) is 12.9. The highest BCUT2D eigenvalue weighted by Gasteiger charge is 2.13. The Labute approximate surface area is 126 Å². The van der Waals surface area contributed by atoms with Gasteiger partial charge in [0.05, 0.1) is 0 Å². The third kappa shape index (κ3) is 5.09. The van der Waals surface area contributed by atoms with Crippen molar-refractivity contribution in [3.8, 4) is 0 Å². The van der Waals surface area contributed by atoms with Gasteiger partial charge in [0, 0.05) is 19.6 Å². The molecule has 0 unspecified atom stereocenters. The van der Waals surface area contributed by atoms with E-state index < -0.39 is 0 Å². The first kappa shape index (κ1) is 16.3. The highest BCUT2D eigenvalue weighted by Crippen LogP contribution is 2.06. The fraction of sp³-hybridized carbons (Fsp3) is 0.429. The molecule has 0 aliphatic carbocycles. The Morgan fingerprint density at radius 3 is 2.40 bits per heavy atom. The van der Waals surface area contributed by atoms with Gasteiger partial charge in [-0.05, 0) is 24.8 Å². The second-order valence-electron chi connectivity index (χ2n) is 4.64. The van der Waals surface area contributed by atoms with Crippen LogP contribution in [0.15, 0.2) is 40.3 Å². The lowest BCUT2D eigenvalue weighted by molar-refractivity contribution is 0.514. The van der Waals surface area contributed by atoms with E-state index >= 15 is 0 Å². The van der Waals surface area contributed by atoms with E-state index in [1.165, 1.54) is 18.4 Å². The van der Waals surface area contributed by atoms with Crippen LogP contribution in [-0.4, -0.2) is 36.5 Å². The Kier molecular flexibility index (Phi) is 6.87. The zero-order chi connectivity index (χ0) is 13.5. The van der Waals surface area contributed by atoms with Crippen molar-refractivity contribution in [3.63, 3.8) is 0 Å². The highest BCUT2D eigenvalue weighted by atomic mass is 35.5. The van der Waals surface area contributed by atoms with Crippen LogP contribution in [0.25, 0.3) is 0 Å². The molecule has 0 atom stereocenters. The fourth-order valence-corrected chi connectivity index (χ4v) is 2.11.